The minimum absolute atomic E-state index is 0.00108. The zero-order valence-corrected chi connectivity index (χ0v) is 19.9. The van der Waals surface area contributed by atoms with E-state index in [0.29, 0.717) is 35.7 Å². The second kappa shape index (κ2) is 8.40. The number of fused-ring (bicyclic) bond motifs is 4. The van der Waals surface area contributed by atoms with Crippen LogP contribution in [0.3, 0.4) is 0 Å². The van der Waals surface area contributed by atoms with Gasteiger partial charge in [0.05, 0.1) is 23.4 Å². The molecule has 1 amide bonds. The van der Waals surface area contributed by atoms with Gasteiger partial charge in [-0.25, -0.2) is 4.79 Å². The van der Waals surface area contributed by atoms with Crippen LogP contribution in [-0.4, -0.2) is 90.0 Å². The van der Waals surface area contributed by atoms with Gasteiger partial charge >= 0.3 is 6.09 Å². The number of carbonyl (C=O) groups excluding carboxylic acids is 4. The summed E-state index contributed by atoms with van der Waals surface area (Å²) >= 11 is 0. The Bertz CT molecular complexity index is 966. The molecule has 0 aromatic rings. The van der Waals surface area contributed by atoms with Crippen molar-refractivity contribution in [3.8, 4) is 0 Å². The van der Waals surface area contributed by atoms with E-state index < -0.39 is 17.7 Å². The second-order valence-corrected chi connectivity index (χ2v) is 10.8. The van der Waals surface area contributed by atoms with E-state index in [1.165, 1.54) is 17.7 Å². The SMILES string of the molecule is CO[C@@]12[C@H](COC(N)=O)C3=C(C(=O)C(C)=C(NCCSSC(C)=O)C3=O)N1C[C@H]1[C@@H]2N1C. The highest BCUT2D eigenvalue weighted by atomic mass is 33.1. The zero-order valence-electron chi connectivity index (χ0n) is 18.3. The van der Waals surface area contributed by atoms with Gasteiger partial charge in [0.2, 0.25) is 11.6 Å². The standard InChI is InChI=1S/C20H26N4O6S2/c1-9-14(22-5-6-31-32-10(2)25)17(27)13-11(8-30-19(21)28)20(29-4)18-12(23(18)3)7-24(20)15(13)16(9)26/h11-12,18,22H,5-8H2,1-4H3,(H2,21,28)/t11-,12+,18+,20-,23?/m1/s1. The van der Waals surface area contributed by atoms with E-state index in [9.17, 15) is 19.2 Å². The van der Waals surface area contributed by atoms with Crippen molar-refractivity contribution in [2.24, 2.45) is 11.7 Å². The number of Topliss-reactive ketones (excluding diaryl/α,β-unsaturated/α-hetero) is 2. The molecular formula is C20H26N4O6S2. The molecule has 0 radical (unpaired) electrons. The molecule has 1 unspecified atom stereocenters. The molecule has 0 spiro atoms. The average Bonchev–Trinajstić information content (AvgIpc) is 3.12. The monoisotopic (exact) mass is 482 g/mol. The first kappa shape index (κ1) is 23.1. The quantitative estimate of drug-likeness (QED) is 0.214. The van der Waals surface area contributed by atoms with E-state index >= 15 is 0 Å². The van der Waals surface area contributed by atoms with Gasteiger partial charge in [0.25, 0.3) is 0 Å². The number of nitrogens with two attached hydrogens (primary N) is 1. The zero-order chi connectivity index (χ0) is 23.4. The van der Waals surface area contributed by atoms with Crippen LogP contribution < -0.4 is 11.1 Å². The molecule has 0 bridgehead atoms. The van der Waals surface area contributed by atoms with Gasteiger partial charge < -0.3 is 25.4 Å². The van der Waals surface area contributed by atoms with E-state index in [-0.39, 0.29) is 41.1 Å². The number of ether oxygens (including phenoxy) is 2. The lowest BCUT2D eigenvalue weighted by Gasteiger charge is -2.40. The van der Waals surface area contributed by atoms with Gasteiger partial charge in [-0.1, -0.05) is 10.8 Å². The van der Waals surface area contributed by atoms with Crippen LogP contribution in [0.1, 0.15) is 13.8 Å². The van der Waals surface area contributed by atoms with E-state index in [1.807, 2.05) is 11.9 Å². The molecule has 4 aliphatic rings. The Morgan fingerprint density at radius 1 is 1.31 bits per heavy atom. The largest absolute Gasteiger partial charge is 0.449 e. The summed E-state index contributed by atoms with van der Waals surface area (Å²) in [6, 6.07) is 0.166. The molecule has 0 saturated carbocycles. The summed E-state index contributed by atoms with van der Waals surface area (Å²) < 4.78 is 11.2. The molecule has 1 aliphatic carbocycles. The summed E-state index contributed by atoms with van der Waals surface area (Å²) in [4.78, 5) is 53.5. The molecule has 32 heavy (non-hydrogen) atoms. The number of hydrogen-bond acceptors (Lipinski definition) is 11. The van der Waals surface area contributed by atoms with Crippen LogP contribution in [-0.2, 0) is 23.9 Å². The minimum Gasteiger partial charge on any atom is -0.449 e. The smallest absolute Gasteiger partial charge is 0.404 e. The van der Waals surface area contributed by atoms with Crippen molar-refractivity contribution in [1.82, 2.24) is 15.1 Å². The number of carbonyl (C=O) groups is 4. The Hall–Kier alpha value is -2.02. The molecule has 174 valence electrons. The van der Waals surface area contributed by atoms with Gasteiger partial charge in [-0.15, -0.1) is 0 Å². The van der Waals surface area contributed by atoms with Gasteiger partial charge in [-0.05, 0) is 24.8 Å². The van der Waals surface area contributed by atoms with Gasteiger partial charge in [-0.2, -0.15) is 0 Å². The maximum Gasteiger partial charge on any atom is 0.404 e. The van der Waals surface area contributed by atoms with Gasteiger partial charge in [-0.3, -0.25) is 19.3 Å². The van der Waals surface area contributed by atoms with Crippen LogP contribution in [0.4, 0.5) is 4.79 Å². The predicted molar refractivity (Wildman–Crippen MR) is 119 cm³/mol. The molecule has 3 heterocycles. The molecule has 3 N–H and O–H groups in total. The third-order valence-electron chi connectivity index (χ3n) is 6.61. The van der Waals surface area contributed by atoms with Gasteiger partial charge in [0, 0.05) is 50.1 Å². The predicted octanol–water partition coefficient (Wildman–Crippen LogP) is 0.250. The molecule has 4 rings (SSSR count). The summed E-state index contributed by atoms with van der Waals surface area (Å²) in [6.07, 6.45) is -0.949. The van der Waals surface area contributed by atoms with Crippen LogP contribution in [0.5, 0.6) is 0 Å². The van der Waals surface area contributed by atoms with E-state index in [4.69, 9.17) is 15.2 Å². The summed E-state index contributed by atoms with van der Waals surface area (Å²) in [6.45, 7) is 3.92. The third kappa shape index (κ3) is 3.35. The van der Waals surface area contributed by atoms with E-state index in [1.54, 1.807) is 14.0 Å². The summed E-state index contributed by atoms with van der Waals surface area (Å²) in [5.41, 5.74) is 5.45. The fraction of sp³-hybridized carbons (Fsp3) is 0.600. The number of primary amides is 1. The number of nitrogens with one attached hydrogen (secondary N) is 1. The highest BCUT2D eigenvalue weighted by Gasteiger charge is 2.75. The van der Waals surface area contributed by atoms with Crippen LogP contribution in [0.25, 0.3) is 0 Å². The summed E-state index contributed by atoms with van der Waals surface area (Å²) in [5, 5.41) is 3.08. The number of amides is 1. The van der Waals surface area contributed by atoms with Crippen molar-refractivity contribution in [3.63, 3.8) is 0 Å². The number of ketones is 2. The highest BCUT2D eigenvalue weighted by molar-refractivity contribution is 8.82. The van der Waals surface area contributed by atoms with Crippen molar-refractivity contribution >= 4 is 44.4 Å². The van der Waals surface area contributed by atoms with Crippen LogP contribution in [0.2, 0.25) is 0 Å². The molecule has 2 saturated heterocycles. The number of nitrogens with zero attached hydrogens (tertiary/aromatic N) is 2. The molecule has 2 fully saturated rings. The Morgan fingerprint density at radius 2 is 2.03 bits per heavy atom. The van der Waals surface area contributed by atoms with E-state index in [0.717, 1.165) is 10.8 Å². The molecular weight excluding hydrogens is 456 g/mol. The fourth-order valence-corrected chi connectivity index (χ4v) is 6.70. The van der Waals surface area contributed by atoms with Crippen molar-refractivity contribution in [1.29, 1.82) is 0 Å². The first-order chi connectivity index (χ1) is 15.2. The number of likely N-dealkylation sites (N-methyl/N-ethyl adjacent to an activating group) is 1. The lowest BCUT2D eigenvalue weighted by Crippen LogP contribution is -2.55. The van der Waals surface area contributed by atoms with Crippen molar-refractivity contribution in [3.05, 3.63) is 22.5 Å². The Balaban J connectivity index is 1.63. The molecule has 3 aliphatic heterocycles. The molecule has 5 atom stereocenters. The van der Waals surface area contributed by atoms with Gasteiger partial charge in [0.1, 0.15) is 6.61 Å². The maximum atomic E-state index is 13.6. The summed E-state index contributed by atoms with van der Waals surface area (Å²) in [5.74, 6) is -0.616. The van der Waals surface area contributed by atoms with Crippen molar-refractivity contribution in [2.45, 2.75) is 31.7 Å². The van der Waals surface area contributed by atoms with Crippen LogP contribution in [0.15, 0.2) is 22.5 Å². The third-order valence-corrected chi connectivity index (χ3v) is 8.89. The number of rotatable bonds is 8. The van der Waals surface area contributed by atoms with Crippen molar-refractivity contribution < 1.29 is 28.7 Å². The second-order valence-electron chi connectivity index (χ2n) is 8.17. The Labute approximate surface area is 193 Å². The summed E-state index contributed by atoms with van der Waals surface area (Å²) in [7, 11) is 6.03. The highest BCUT2D eigenvalue weighted by Crippen LogP contribution is 2.59. The number of hydrogen-bond donors (Lipinski definition) is 2. The van der Waals surface area contributed by atoms with Crippen LogP contribution >= 0.6 is 21.6 Å². The first-order valence-corrected chi connectivity index (χ1v) is 12.5. The Kier molecular flexibility index (Phi) is 6.07. The molecule has 10 nitrogen and oxygen atoms in total. The number of allylic oxidation sites excluding steroid dienone is 2. The molecule has 12 heteroatoms. The first-order valence-electron chi connectivity index (χ1n) is 10.2. The lowest BCUT2D eigenvalue weighted by atomic mass is 9.82. The topological polar surface area (TPSA) is 131 Å². The van der Waals surface area contributed by atoms with Gasteiger partial charge in [0.15, 0.2) is 10.8 Å². The fourth-order valence-electron chi connectivity index (χ4n) is 5.27. The van der Waals surface area contributed by atoms with Crippen molar-refractivity contribution in [2.75, 3.05) is 39.6 Å². The molecule has 0 aromatic carbocycles. The van der Waals surface area contributed by atoms with E-state index in [2.05, 4.69) is 10.2 Å². The number of piperazine rings is 1. The maximum absolute atomic E-state index is 13.6. The average molecular weight is 483 g/mol. The number of methoxy groups -OCH3 is 1. The van der Waals surface area contributed by atoms with Crippen LogP contribution in [0, 0.1) is 5.92 Å². The normalized spacial score (nSPS) is 32.7. The molecule has 0 aromatic heterocycles. The lowest BCUT2D eigenvalue weighted by molar-refractivity contribution is -0.144. The minimum atomic E-state index is -0.978. The Morgan fingerprint density at radius 3 is 2.66 bits per heavy atom.